The van der Waals surface area contributed by atoms with Crippen LogP contribution in [-0.2, 0) is 6.61 Å². The lowest BCUT2D eigenvalue weighted by Gasteiger charge is -2.30. The van der Waals surface area contributed by atoms with Crippen molar-refractivity contribution < 1.29 is 54.9 Å². The van der Waals surface area contributed by atoms with Crippen LogP contribution in [0.1, 0.15) is 36.6 Å². The number of aliphatic hydroxyl groups is 7. The Kier molecular flexibility index (Phi) is 18.9. The van der Waals surface area contributed by atoms with Crippen LogP contribution in [0.4, 0.5) is 16.2 Å². The zero-order chi connectivity index (χ0) is 36.6. The third kappa shape index (κ3) is 10.4. The number of nitrogens with zero attached hydrogens (tertiary/aromatic N) is 1. The number of hydrogen-bond acceptors (Lipinski definition) is 11. The highest BCUT2D eigenvalue weighted by Gasteiger charge is 2.36. The van der Waals surface area contributed by atoms with Crippen LogP contribution in [0.2, 0.25) is 0 Å². The molecular formula is C26H29I6N5O11. The molecule has 2 rings (SSSR count). The van der Waals surface area contributed by atoms with Gasteiger partial charge in [0, 0.05) is 35.9 Å². The second-order valence-electron chi connectivity index (χ2n) is 9.66. The van der Waals surface area contributed by atoms with Crippen molar-refractivity contribution in [3.8, 4) is 0 Å². The van der Waals surface area contributed by atoms with Crippen molar-refractivity contribution >= 4 is 171 Å². The predicted octanol–water partition coefficient (Wildman–Crippen LogP) is 0.272. The monoisotopic (exact) mass is 1350 g/mol. The van der Waals surface area contributed by atoms with Crippen LogP contribution in [-0.4, -0.2) is 117 Å². The lowest BCUT2D eigenvalue weighted by Crippen LogP contribution is -2.39. The molecule has 0 radical (unpaired) electrons. The van der Waals surface area contributed by atoms with E-state index < -0.39 is 68.5 Å². The third-order valence-electron chi connectivity index (χ3n) is 6.31. The summed E-state index contributed by atoms with van der Waals surface area (Å²) in [6.45, 7) is -3.50. The van der Waals surface area contributed by atoms with Gasteiger partial charge in [0.1, 0.15) is 0 Å². The summed E-state index contributed by atoms with van der Waals surface area (Å²) in [4.78, 5) is 55.0. The number of urea groups is 1. The molecule has 22 heteroatoms. The van der Waals surface area contributed by atoms with E-state index in [2.05, 4.69) is 16.0 Å². The number of aliphatic hydroxyl groups excluding tert-OH is 7. The summed E-state index contributed by atoms with van der Waals surface area (Å²) in [5, 5.41) is 75.0. The molecule has 0 aliphatic rings. The summed E-state index contributed by atoms with van der Waals surface area (Å²) in [6, 6.07) is -1.10. The molecule has 0 saturated carbocycles. The van der Waals surface area contributed by atoms with Crippen molar-refractivity contribution in [2.24, 2.45) is 5.73 Å². The first-order valence-electron chi connectivity index (χ1n) is 13.3. The number of nitrogens with one attached hydrogen (secondary N) is 3. The topological polar surface area (TPSA) is 275 Å². The lowest BCUT2D eigenvalue weighted by molar-refractivity contribution is 0.0795. The number of primary amides is 1. The van der Waals surface area contributed by atoms with Gasteiger partial charge in [0.2, 0.25) is 0 Å². The molecular weight excluding hydrogens is 1320 g/mol. The minimum atomic E-state index is -1.30. The van der Waals surface area contributed by atoms with E-state index in [1.54, 1.807) is 67.8 Å². The van der Waals surface area contributed by atoms with E-state index in [-0.39, 0.29) is 67.5 Å². The fourth-order valence-electron chi connectivity index (χ4n) is 3.90. The molecule has 16 nitrogen and oxygen atoms in total. The fourth-order valence-corrected chi connectivity index (χ4v) is 13.0. The molecule has 0 bridgehead atoms. The molecule has 0 heterocycles. The van der Waals surface area contributed by atoms with Crippen LogP contribution in [0, 0.1) is 21.4 Å². The maximum absolute atomic E-state index is 13.6. The number of amides is 5. The van der Waals surface area contributed by atoms with Gasteiger partial charge in [-0.05, 0) is 136 Å². The van der Waals surface area contributed by atoms with Gasteiger partial charge >= 0.3 is 6.03 Å². The van der Waals surface area contributed by atoms with Crippen molar-refractivity contribution in [2.45, 2.75) is 24.9 Å². The van der Waals surface area contributed by atoms with Crippen LogP contribution in [0.3, 0.4) is 0 Å². The van der Waals surface area contributed by atoms with Crippen LogP contribution in [0.5, 0.6) is 0 Å². The van der Waals surface area contributed by atoms with Gasteiger partial charge in [0.15, 0.2) is 0 Å². The quantitative estimate of drug-likeness (QED) is 0.108. The third-order valence-corrected chi connectivity index (χ3v) is 12.9. The van der Waals surface area contributed by atoms with Crippen LogP contribution >= 0.6 is 136 Å². The Morgan fingerprint density at radius 1 is 0.562 bits per heavy atom. The van der Waals surface area contributed by atoms with Gasteiger partial charge < -0.3 is 57.4 Å². The number of benzene rings is 2. The van der Waals surface area contributed by atoms with Crippen LogP contribution < -0.4 is 26.6 Å². The zero-order valence-corrected chi connectivity index (χ0v) is 37.2. The Bertz CT molecular complexity index is 1510. The number of carbonyl (C=O) groups is 4. The molecule has 0 aromatic heterocycles. The number of halogens is 6. The first-order valence-corrected chi connectivity index (χ1v) is 19.8. The maximum atomic E-state index is 13.6. The molecule has 12 N–H and O–H groups in total. The van der Waals surface area contributed by atoms with Crippen molar-refractivity contribution in [1.29, 1.82) is 0 Å². The Labute approximate surface area is 355 Å². The summed E-state index contributed by atoms with van der Waals surface area (Å²) in [5.74, 6) is -2.27. The van der Waals surface area contributed by atoms with Gasteiger partial charge in [-0.1, -0.05) is 0 Å². The summed E-state index contributed by atoms with van der Waals surface area (Å²) in [6.07, 6.45) is -3.85. The Morgan fingerprint density at radius 2 is 0.875 bits per heavy atom. The number of anilines is 2. The molecule has 0 saturated heterocycles. The van der Waals surface area contributed by atoms with Crippen molar-refractivity contribution in [2.75, 3.05) is 44.4 Å². The van der Waals surface area contributed by atoms with E-state index in [4.69, 9.17) is 5.73 Å². The van der Waals surface area contributed by atoms with Gasteiger partial charge in [0.05, 0.1) is 83.5 Å². The molecule has 0 fully saturated rings. The standard InChI is InChI=1S/C26H29I6N5O11/c27-15-11(7-41)16(28)21(18(30)12(15)23(45)34-1-8(42)4-38)37(26(33)48)22-19(31)13(24(46)35-2-9(43)5-39)17(29)14(20(22)32)25(47)36-3-10(44)6-40/h8-10,38-44H,1-7H2,(H2,33,48)(H,34,45)(H,35,46)(H,36,47). The first kappa shape index (κ1) is 44.4. The molecule has 3 unspecified atom stereocenters. The van der Waals surface area contributed by atoms with Crippen molar-refractivity contribution in [3.05, 3.63) is 43.7 Å². The average Bonchev–Trinajstić information content (AvgIpc) is 3.03. The highest BCUT2D eigenvalue weighted by atomic mass is 127. The molecule has 0 spiro atoms. The molecule has 5 amide bonds. The van der Waals surface area contributed by atoms with Crippen LogP contribution in [0.25, 0.3) is 0 Å². The average molecular weight is 1350 g/mol. The van der Waals surface area contributed by atoms with Crippen molar-refractivity contribution in [1.82, 2.24) is 16.0 Å². The molecule has 48 heavy (non-hydrogen) atoms. The molecule has 266 valence electrons. The SMILES string of the molecule is NC(=O)N(c1c(I)c(CO)c(I)c(C(=O)NCC(O)CO)c1I)c1c(I)c(C(=O)NCC(O)CO)c(I)c(C(=O)NCC(O)CO)c1I. The minimum absolute atomic E-state index is 0.00880. The van der Waals surface area contributed by atoms with E-state index >= 15 is 0 Å². The summed E-state index contributed by atoms with van der Waals surface area (Å²) >= 11 is 10.9. The molecule has 2 aromatic rings. The molecule has 0 aliphatic carbocycles. The normalized spacial score (nSPS) is 13.0. The summed E-state index contributed by atoms with van der Waals surface area (Å²) in [5.41, 5.74) is 6.02. The number of nitrogens with two attached hydrogens (primary N) is 1. The largest absolute Gasteiger partial charge is 0.394 e. The first-order chi connectivity index (χ1) is 22.5. The zero-order valence-electron chi connectivity index (χ0n) is 24.2. The molecule has 2 aromatic carbocycles. The second kappa shape index (κ2) is 20.5. The smallest absolute Gasteiger partial charge is 0.324 e. The second-order valence-corrected chi connectivity index (χ2v) is 16.1. The fraction of sp³-hybridized carbons (Fsp3) is 0.385. The highest BCUT2D eigenvalue weighted by molar-refractivity contribution is 14.1. The maximum Gasteiger partial charge on any atom is 0.324 e. The van der Waals surface area contributed by atoms with E-state index in [0.717, 1.165) is 4.90 Å². The van der Waals surface area contributed by atoms with Crippen LogP contribution in [0.15, 0.2) is 0 Å². The van der Waals surface area contributed by atoms with E-state index in [1.807, 2.05) is 67.8 Å². The Morgan fingerprint density at radius 3 is 1.17 bits per heavy atom. The van der Waals surface area contributed by atoms with Crippen molar-refractivity contribution in [3.63, 3.8) is 0 Å². The molecule has 3 atom stereocenters. The van der Waals surface area contributed by atoms with E-state index in [9.17, 15) is 54.9 Å². The van der Waals surface area contributed by atoms with Gasteiger partial charge in [-0.2, -0.15) is 0 Å². The number of hydrogen-bond donors (Lipinski definition) is 11. The highest BCUT2D eigenvalue weighted by Crippen LogP contribution is 2.45. The Balaban J connectivity index is 3.05. The molecule has 0 aliphatic heterocycles. The van der Waals surface area contributed by atoms with Gasteiger partial charge in [-0.15, -0.1) is 0 Å². The number of carbonyl (C=O) groups excluding carboxylic acids is 4. The summed E-state index contributed by atoms with van der Waals surface area (Å²) < 4.78 is 1.16. The number of rotatable bonds is 15. The lowest BCUT2D eigenvalue weighted by atomic mass is 10.0. The summed E-state index contributed by atoms with van der Waals surface area (Å²) in [7, 11) is 0. The minimum Gasteiger partial charge on any atom is -0.394 e. The van der Waals surface area contributed by atoms with E-state index in [0.29, 0.717) is 7.14 Å². The van der Waals surface area contributed by atoms with E-state index in [1.165, 1.54) is 0 Å². The van der Waals surface area contributed by atoms with Gasteiger partial charge in [0.25, 0.3) is 17.7 Å². The van der Waals surface area contributed by atoms with Gasteiger partial charge in [-0.3, -0.25) is 19.3 Å². The van der Waals surface area contributed by atoms with Gasteiger partial charge in [-0.25, -0.2) is 4.79 Å². The predicted molar refractivity (Wildman–Crippen MR) is 223 cm³/mol. The Hall–Kier alpha value is 0.220.